The third-order valence-corrected chi connectivity index (χ3v) is 10.1. The quantitative estimate of drug-likeness (QED) is 0.162. The van der Waals surface area contributed by atoms with E-state index in [0.29, 0.717) is 0 Å². The van der Waals surface area contributed by atoms with E-state index in [2.05, 4.69) is 176 Å². The van der Waals surface area contributed by atoms with Crippen LogP contribution in [0.5, 0.6) is 0 Å². The van der Waals surface area contributed by atoms with Crippen molar-refractivity contribution in [3.8, 4) is 50.2 Å². The molecule has 232 valence electrons. The van der Waals surface area contributed by atoms with Gasteiger partial charge in [-0.05, 0) is 129 Å². The second kappa shape index (κ2) is 11.5. The summed E-state index contributed by atoms with van der Waals surface area (Å²) in [6, 6.07) is 51.6. The first-order chi connectivity index (χ1) is 24.1. The number of benzene rings is 7. The molecule has 0 bridgehead atoms. The number of nitrogens with zero attached hydrogens (tertiary/aromatic N) is 1. The van der Waals surface area contributed by atoms with E-state index in [0.717, 1.165) is 11.1 Å². The molecule has 1 aliphatic rings. The molecule has 1 aliphatic carbocycles. The van der Waals surface area contributed by atoms with Crippen LogP contribution in [-0.4, -0.2) is 4.57 Å². The minimum Gasteiger partial charge on any atom is -0.309 e. The van der Waals surface area contributed by atoms with Gasteiger partial charge in [0.1, 0.15) is 0 Å². The van der Waals surface area contributed by atoms with Crippen molar-refractivity contribution in [2.45, 2.75) is 13.8 Å². The Kier molecular flexibility index (Phi) is 6.81. The average molecular weight is 626 g/mol. The number of allylic oxidation sites excluding steroid dienone is 5. The Balaban J connectivity index is 1.36. The van der Waals surface area contributed by atoms with E-state index in [1.54, 1.807) is 0 Å². The van der Waals surface area contributed by atoms with Crippen LogP contribution in [0.4, 0.5) is 0 Å². The molecule has 1 nitrogen and oxygen atoms in total. The van der Waals surface area contributed by atoms with E-state index >= 15 is 0 Å². The molecule has 1 heterocycles. The van der Waals surface area contributed by atoms with Crippen molar-refractivity contribution in [3.63, 3.8) is 0 Å². The number of hydrogen-bond donors (Lipinski definition) is 0. The zero-order valence-corrected chi connectivity index (χ0v) is 27.7. The van der Waals surface area contributed by atoms with Crippen LogP contribution in [0.25, 0.3) is 88.3 Å². The van der Waals surface area contributed by atoms with Crippen LogP contribution in [0.2, 0.25) is 0 Å². The first-order valence-electron chi connectivity index (χ1n) is 17.0. The highest BCUT2D eigenvalue weighted by atomic mass is 15.0. The summed E-state index contributed by atoms with van der Waals surface area (Å²) in [5.41, 5.74) is 17.1. The van der Waals surface area contributed by atoms with E-state index in [-0.39, 0.29) is 0 Å². The molecule has 0 saturated heterocycles. The summed E-state index contributed by atoms with van der Waals surface area (Å²) in [7, 11) is 0. The molecule has 1 heteroatoms. The second-order valence-corrected chi connectivity index (χ2v) is 13.0. The van der Waals surface area contributed by atoms with Gasteiger partial charge in [-0.15, -0.1) is 0 Å². The summed E-state index contributed by atoms with van der Waals surface area (Å²) in [5.74, 6) is 0. The van der Waals surface area contributed by atoms with Gasteiger partial charge in [-0.25, -0.2) is 0 Å². The van der Waals surface area contributed by atoms with Crippen LogP contribution in [0, 0.1) is 6.92 Å². The van der Waals surface area contributed by atoms with Crippen LogP contribution >= 0.6 is 0 Å². The number of hydrogen-bond acceptors (Lipinski definition) is 0. The second-order valence-electron chi connectivity index (χ2n) is 13.0. The summed E-state index contributed by atoms with van der Waals surface area (Å²) in [6.45, 7) is 8.36. The maximum absolute atomic E-state index is 4.17. The summed E-state index contributed by atoms with van der Waals surface area (Å²) >= 11 is 0. The highest BCUT2D eigenvalue weighted by Crippen LogP contribution is 2.51. The maximum atomic E-state index is 4.17. The van der Waals surface area contributed by atoms with Gasteiger partial charge in [0.15, 0.2) is 0 Å². The number of rotatable bonds is 6. The largest absolute Gasteiger partial charge is 0.309 e. The van der Waals surface area contributed by atoms with Crippen LogP contribution in [0.3, 0.4) is 0 Å². The van der Waals surface area contributed by atoms with E-state index in [4.69, 9.17) is 0 Å². The Hall–Kier alpha value is -6.18. The van der Waals surface area contributed by atoms with Gasteiger partial charge in [-0.1, -0.05) is 127 Å². The van der Waals surface area contributed by atoms with Crippen LogP contribution in [0.15, 0.2) is 170 Å². The van der Waals surface area contributed by atoms with Gasteiger partial charge >= 0.3 is 0 Å². The lowest BCUT2D eigenvalue weighted by Gasteiger charge is -2.12. The Labute approximate surface area is 287 Å². The molecule has 0 unspecified atom stereocenters. The van der Waals surface area contributed by atoms with Gasteiger partial charge in [0.25, 0.3) is 0 Å². The van der Waals surface area contributed by atoms with Crippen molar-refractivity contribution in [2.75, 3.05) is 0 Å². The molecule has 1 aromatic heterocycles. The molecule has 0 spiro atoms. The number of aromatic nitrogens is 1. The molecule has 0 N–H and O–H groups in total. The molecule has 49 heavy (non-hydrogen) atoms. The molecular formula is C48H35N. The summed E-state index contributed by atoms with van der Waals surface area (Å²) < 4.78 is 2.46. The third-order valence-electron chi connectivity index (χ3n) is 10.1. The topological polar surface area (TPSA) is 4.93 Å². The van der Waals surface area contributed by atoms with Gasteiger partial charge in [0, 0.05) is 16.5 Å². The Morgan fingerprint density at radius 1 is 0.551 bits per heavy atom. The van der Waals surface area contributed by atoms with Crippen molar-refractivity contribution >= 4 is 38.2 Å². The minimum atomic E-state index is 1.10. The average Bonchev–Trinajstić information content (AvgIpc) is 3.66. The normalized spacial score (nSPS) is 12.4. The summed E-state index contributed by atoms with van der Waals surface area (Å²) in [4.78, 5) is 0. The molecule has 0 radical (unpaired) electrons. The lowest BCUT2D eigenvalue weighted by atomic mass is 9.92. The molecule has 7 aromatic carbocycles. The number of aryl methyl sites for hydroxylation is 1. The predicted octanol–water partition coefficient (Wildman–Crippen LogP) is 13.4. The zero-order valence-electron chi connectivity index (χ0n) is 27.7. The smallest absolute Gasteiger partial charge is 0.0553 e. The fourth-order valence-electron chi connectivity index (χ4n) is 7.77. The highest BCUT2D eigenvalue weighted by Gasteiger charge is 2.25. The molecule has 0 fully saturated rings. The fraction of sp³-hybridized carbons (Fsp3) is 0.0417. The van der Waals surface area contributed by atoms with Crippen molar-refractivity contribution in [1.29, 1.82) is 0 Å². The molecule has 0 aliphatic heterocycles. The first-order valence-corrected chi connectivity index (χ1v) is 17.0. The van der Waals surface area contributed by atoms with Crippen molar-refractivity contribution in [2.24, 2.45) is 0 Å². The van der Waals surface area contributed by atoms with Gasteiger partial charge in [0.05, 0.1) is 11.0 Å². The van der Waals surface area contributed by atoms with Gasteiger partial charge in [-0.3, -0.25) is 0 Å². The third kappa shape index (κ3) is 4.62. The standard InChI is InChI=1S/C48H35N/c1-4-6-13-32(5-2)35-26-36(33-14-8-7-9-15-33)28-37(27-35)34-22-25-45-44(29-34)48-42-19-12-18-41-39-16-10-11-17-40(39)43(47(41)42)30-46(48)49(45)38-23-20-31(3)21-24-38/h4-30H,2H2,1,3H3/b6-4-,32-13+. The molecule has 0 atom stereocenters. The van der Waals surface area contributed by atoms with E-state index < -0.39 is 0 Å². The van der Waals surface area contributed by atoms with Crippen molar-refractivity contribution in [1.82, 2.24) is 4.57 Å². The first kappa shape index (κ1) is 29.0. The van der Waals surface area contributed by atoms with Crippen molar-refractivity contribution in [3.05, 3.63) is 182 Å². The Bertz CT molecular complexity index is 2660. The summed E-state index contributed by atoms with van der Waals surface area (Å²) in [5, 5.41) is 5.21. The van der Waals surface area contributed by atoms with E-state index in [1.807, 2.05) is 13.0 Å². The Morgan fingerprint density at radius 3 is 2.02 bits per heavy atom. The van der Waals surface area contributed by atoms with Crippen LogP contribution in [0.1, 0.15) is 18.1 Å². The molecule has 8 aromatic rings. The zero-order chi connectivity index (χ0) is 33.1. The van der Waals surface area contributed by atoms with Gasteiger partial charge in [0.2, 0.25) is 0 Å². The van der Waals surface area contributed by atoms with Crippen LogP contribution in [-0.2, 0) is 0 Å². The molecule has 0 amide bonds. The molecule has 9 rings (SSSR count). The van der Waals surface area contributed by atoms with E-state index in [1.165, 1.54) is 88.3 Å². The summed E-state index contributed by atoms with van der Waals surface area (Å²) in [6.07, 6.45) is 8.23. The van der Waals surface area contributed by atoms with Crippen LogP contribution < -0.4 is 0 Å². The SMILES string of the molecule is C=C/C(=C\C=C/C)c1cc(-c2ccccc2)cc(-c2ccc3c(c2)c2c4cccc5c4c(cc2n3-c2ccc(C)cc2)-c2ccccc2-5)c1. The van der Waals surface area contributed by atoms with Gasteiger partial charge in [-0.2, -0.15) is 0 Å². The number of fused-ring (bicyclic) bond motifs is 7. The lowest BCUT2D eigenvalue weighted by Crippen LogP contribution is -1.94. The lowest BCUT2D eigenvalue weighted by molar-refractivity contribution is 1.18. The van der Waals surface area contributed by atoms with E-state index in [9.17, 15) is 0 Å². The maximum Gasteiger partial charge on any atom is 0.0553 e. The molecular weight excluding hydrogens is 591 g/mol. The predicted molar refractivity (Wildman–Crippen MR) is 211 cm³/mol. The fourth-order valence-corrected chi connectivity index (χ4v) is 7.77. The van der Waals surface area contributed by atoms with Crippen molar-refractivity contribution < 1.29 is 0 Å². The Morgan fingerprint density at radius 2 is 1.27 bits per heavy atom. The monoisotopic (exact) mass is 625 g/mol. The van der Waals surface area contributed by atoms with Gasteiger partial charge < -0.3 is 4.57 Å². The minimum absolute atomic E-state index is 1.10. The highest BCUT2D eigenvalue weighted by molar-refractivity contribution is 6.29. The molecule has 0 saturated carbocycles.